The molecule has 3 aromatic rings. The van der Waals surface area contributed by atoms with Gasteiger partial charge in [-0.15, -0.1) is 0 Å². The SMILES string of the molecule is Cc1[nH]c2ccccc2c1C1CCN(CC(=O)NC(C)c2ccco2)CC1. The van der Waals surface area contributed by atoms with Gasteiger partial charge in [-0.05, 0) is 69.5 Å². The smallest absolute Gasteiger partial charge is 0.234 e. The predicted octanol–water partition coefficient (Wildman–Crippen LogP) is 4.13. The number of nitrogens with one attached hydrogen (secondary N) is 2. The van der Waals surface area contributed by atoms with Crippen LogP contribution in [0, 0.1) is 6.92 Å². The van der Waals surface area contributed by atoms with Crippen molar-refractivity contribution in [3.05, 3.63) is 59.7 Å². The second kappa shape index (κ2) is 7.61. The van der Waals surface area contributed by atoms with Gasteiger partial charge in [0.1, 0.15) is 5.76 Å². The van der Waals surface area contributed by atoms with Gasteiger partial charge < -0.3 is 14.7 Å². The third-order valence-corrected chi connectivity index (χ3v) is 5.65. The molecule has 1 aromatic carbocycles. The number of benzene rings is 1. The number of piperidine rings is 1. The standard InChI is InChI=1S/C22H27N3O2/c1-15(20-8-5-13-27-20)24-21(26)14-25-11-9-17(10-12-25)22-16(2)23-19-7-4-3-6-18(19)22/h3-8,13,15,17,23H,9-12,14H2,1-2H3,(H,24,26). The summed E-state index contributed by atoms with van der Waals surface area (Å²) in [6.07, 6.45) is 3.81. The van der Waals surface area contributed by atoms with Crippen molar-refractivity contribution in [3.63, 3.8) is 0 Å². The second-order valence-electron chi connectivity index (χ2n) is 7.56. The summed E-state index contributed by atoms with van der Waals surface area (Å²) in [4.78, 5) is 18.1. The van der Waals surface area contributed by atoms with Gasteiger partial charge in [-0.1, -0.05) is 18.2 Å². The molecule has 1 amide bonds. The molecule has 2 aromatic heterocycles. The van der Waals surface area contributed by atoms with Crippen LogP contribution < -0.4 is 5.32 Å². The number of aromatic amines is 1. The fourth-order valence-electron chi connectivity index (χ4n) is 4.30. The van der Waals surface area contributed by atoms with E-state index in [0.717, 1.165) is 31.7 Å². The topological polar surface area (TPSA) is 61.3 Å². The van der Waals surface area contributed by atoms with Crippen LogP contribution in [0.3, 0.4) is 0 Å². The number of furan rings is 1. The molecule has 0 spiro atoms. The lowest BCUT2D eigenvalue weighted by Crippen LogP contribution is -2.41. The maximum atomic E-state index is 12.4. The Morgan fingerprint density at radius 1 is 1.26 bits per heavy atom. The number of nitrogens with zero attached hydrogens (tertiary/aromatic N) is 1. The molecule has 3 heterocycles. The average Bonchev–Trinajstić information content (AvgIpc) is 3.29. The normalized spacial score (nSPS) is 17.3. The third-order valence-electron chi connectivity index (χ3n) is 5.65. The minimum atomic E-state index is -0.0982. The highest BCUT2D eigenvalue weighted by atomic mass is 16.3. The van der Waals surface area contributed by atoms with Crippen LogP contribution >= 0.6 is 0 Å². The van der Waals surface area contributed by atoms with Crippen LogP contribution in [0.15, 0.2) is 47.1 Å². The van der Waals surface area contributed by atoms with Crippen LogP contribution in [-0.2, 0) is 4.79 Å². The maximum Gasteiger partial charge on any atom is 0.234 e. The number of carbonyl (C=O) groups excluding carboxylic acids is 1. The Kier molecular flexibility index (Phi) is 5.03. The average molecular weight is 365 g/mol. The molecule has 4 rings (SSSR count). The molecule has 1 fully saturated rings. The molecule has 27 heavy (non-hydrogen) atoms. The van der Waals surface area contributed by atoms with Crippen LogP contribution in [0.2, 0.25) is 0 Å². The summed E-state index contributed by atoms with van der Waals surface area (Å²) in [6, 6.07) is 12.2. The fourth-order valence-corrected chi connectivity index (χ4v) is 4.30. The molecule has 0 saturated carbocycles. The van der Waals surface area contributed by atoms with Gasteiger partial charge >= 0.3 is 0 Å². The number of hydrogen-bond acceptors (Lipinski definition) is 3. The first kappa shape index (κ1) is 17.9. The lowest BCUT2D eigenvalue weighted by Gasteiger charge is -2.32. The molecule has 0 bridgehead atoms. The molecular weight excluding hydrogens is 338 g/mol. The largest absolute Gasteiger partial charge is 0.467 e. The summed E-state index contributed by atoms with van der Waals surface area (Å²) in [5.41, 5.74) is 3.96. The molecule has 1 aliphatic heterocycles. The van der Waals surface area contributed by atoms with E-state index in [-0.39, 0.29) is 11.9 Å². The molecule has 1 aliphatic rings. The van der Waals surface area contributed by atoms with Crippen molar-refractivity contribution in [2.75, 3.05) is 19.6 Å². The number of fused-ring (bicyclic) bond motifs is 1. The molecule has 0 radical (unpaired) electrons. The minimum Gasteiger partial charge on any atom is -0.467 e. The Morgan fingerprint density at radius 2 is 2.04 bits per heavy atom. The zero-order valence-corrected chi connectivity index (χ0v) is 16.0. The summed E-state index contributed by atoms with van der Waals surface area (Å²) < 4.78 is 5.36. The molecule has 1 saturated heterocycles. The Morgan fingerprint density at radius 3 is 2.78 bits per heavy atom. The van der Waals surface area contributed by atoms with E-state index >= 15 is 0 Å². The lowest BCUT2D eigenvalue weighted by molar-refractivity contribution is -0.123. The van der Waals surface area contributed by atoms with E-state index in [2.05, 4.69) is 46.4 Å². The summed E-state index contributed by atoms with van der Waals surface area (Å²) in [5, 5.41) is 4.37. The Bertz CT molecular complexity index is 905. The fraction of sp³-hybridized carbons (Fsp3) is 0.409. The summed E-state index contributed by atoms with van der Waals surface area (Å²) >= 11 is 0. The Hall–Kier alpha value is -2.53. The van der Waals surface area contributed by atoms with E-state index in [1.807, 2.05) is 19.1 Å². The highest BCUT2D eigenvalue weighted by Gasteiger charge is 2.25. The van der Waals surface area contributed by atoms with Gasteiger partial charge in [0, 0.05) is 16.6 Å². The summed E-state index contributed by atoms with van der Waals surface area (Å²) in [6.45, 7) is 6.47. The first-order valence-corrected chi connectivity index (χ1v) is 9.74. The number of amides is 1. The third kappa shape index (κ3) is 3.78. The van der Waals surface area contributed by atoms with E-state index in [4.69, 9.17) is 4.42 Å². The number of aryl methyl sites for hydroxylation is 1. The highest BCUT2D eigenvalue weighted by molar-refractivity contribution is 5.85. The van der Waals surface area contributed by atoms with Gasteiger partial charge in [0.05, 0.1) is 18.8 Å². The van der Waals surface area contributed by atoms with Crippen molar-refractivity contribution in [1.29, 1.82) is 0 Å². The molecule has 2 N–H and O–H groups in total. The van der Waals surface area contributed by atoms with Crippen molar-refractivity contribution in [3.8, 4) is 0 Å². The first-order chi connectivity index (χ1) is 13.1. The van der Waals surface area contributed by atoms with Crippen molar-refractivity contribution in [2.24, 2.45) is 0 Å². The van der Waals surface area contributed by atoms with E-state index in [0.29, 0.717) is 12.5 Å². The minimum absolute atomic E-state index is 0.0561. The van der Waals surface area contributed by atoms with Gasteiger partial charge in [-0.25, -0.2) is 0 Å². The summed E-state index contributed by atoms with van der Waals surface area (Å²) in [5.74, 6) is 1.40. The number of aromatic nitrogens is 1. The van der Waals surface area contributed by atoms with Crippen molar-refractivity contribution in [1.82, 2.24) is 15.2 Å². The monoisotopic (exact) mass is 365 g/mol. The first-order valence-electron chi connectivity index (χ1n) is 9.74. The van der Waals surface area contributed by atoms with Gasteiger partial charge in [0.25, 0.3) is 0 Å². The Labute approximate surface area is 159 Å². The number of para-hydroxylation sites is 1. The number of carbonyl (C=O) groups is 1. The van der Waals surface area contributed by atoms with E-state index in [9.17, 15) is 4.79 Å². The molecule has 142 valence electrons. The molecule has 5 heteroatoms. The second-order valence-corrected chi connectivity index (χ2v) is 7.56. The highest BCUT2D eigenvalue weighted by Crippen LogP contribution is 2.35. The van der Waals surface area contributed by atoms with Crippen LogP contribution in [0.4, 0.5) is 0 Å². The zero-order chi connectivity index (χ0) is 18.8. The quantitative estimate of drug-likeness (QED) is 0.715. The van der Waals surface area contributed by atoms with E-state index in [1.165, 1.54) is 22.2 Å². The van der Waals surface area contributed by atoms with Gasteiger partial charge in [-0.3, -0.25) is 9.69 Å². The van der Waals surface area contributed by atoms with Gasteiger partial charge in [0.15, 0.2) is 0 Å². The number of H-pyrrole nitrogens is 1. The predicted molar refractivity (Wildman–Crippen MR) is 107 cm³/mol. The van der Waals surface area contributed by atoms with Crippen molar-refractivity contribution in [2.45, 2.75) is 38.6 Å². The number of hydrogen-bond donors (Lipinski definition) is 2. The molecule has 1 atom stereocenters. The van der Waals surface area contributed by atoms with Gasteiger partial charge in [0.2, 0.25) is 5.91 Å². The van der Waals surface area contributed by atoms with Crippen molar-refractivity contribution < 1.29 is 9.21 Å². The van der Waals surface area contributed by atoms with Crippen LogP contribution in [0.25, 0.3) is 10.9 Å². The molecule has 0 aliphatic carbocycles. The molecule has 1 unspecified atom stereocenters. The maximum absolute atomic E-state index is 12.4. The van der Waals surface area contributed by atoms with E-state index < -0.39 is 0 Å². The van der Waals surface area contributed by atoms with Crippen LogP contribution in [0.5, 0.6) is 0 Å². The summed E-state index contributed by atoms with van der Waals surface area (Å²) in [7, 11) is 0. The number of rotatable bonds is 5. The van der Waals surface area contributed by atoms with Crippen molar-refractivity contribution >= 4 is 16.8 Å². The van der Waals surface area contributed by atoms with Crippen LogP contribution in [-0.4, -0.2) is 35.4 Å². The van der Waals surface area contributed by atoms with E-state index in [1.54, 1.807) is 6.26 Å². The van der Waals surface area contributed by atoms with Gasteiger partial charge in [-0.2, -0.15) is 0 Å². The molecule has 5 nitrogen and oxygen atoms in total. The lowest BCUT2D eigenvalue weighted by atomic mass is 9.87. The van der Waals surface area contributed by atoms with Crippen LogP contribution in [0.1, 0.15) is 48.7 Å². The zero-order valence-electron chi connectivity index (χ0n) is 16.0. The molecular formula is C22H27N3O2. The number of likely N-dealkylation sites (tertiary alicyclic amines) is 1. The Balaban J connectivity index is 1.33.